The number of rotatable bonds is 4. The number of aromatic nitrogens is 2. The molecule has 0 amide bonds. The summed E-state index contributed by atoms with van der Waals surface area (Å²) in [7, 11) is 2.18. The van der Waals surface area contributed by atoms with E-state index in [9.17, 15) is 0 Å². The van der Waals surface area contributed by atoms with Crippen molar-refractivity contribution in [1.29, 1.82) is 0 Å². The van der Waals surface area contributed by atoms with Crippen LogP contribution in [0, 0.1) is 0 Å². The van der Waals surface area contributed by atoms with Crippen LogP contribution in [0.1, 0.15) is 36.7 Å². The van der Waals surface area contributed by atoms with Crippen molar-refractivity contribution in [2.45, 2.75) is 37.8 Å². The first-order chi connectivity index (χ1) is 8.31. The number of nitrogens with zero attached hydrogens (tertiary/aromatic N) is 3. The minimum atomic E-state index is 0.600. The van der Waals surface area contributed by atoms with E-state index in [4.69, 9.17) is 0 Å². The van der Waals surface area contributed by atoms with E-state index in [2.05, 4.69) is 33.3 Å². The largest absolute Gasteiger partial charge is 0.307 e. The quantitative estimate of drug-likeness (QED) is 0.845. The maximum absolute atomic E-state index is 4.69. The molecule has 1 unspecified atom stereocenters. The van der Waals surface area contributed by atoms with Gasteiger partial charge in [-0.15, -0.1) is 0 Å². The lowest BCUT2D eigenvalue weighted by Gasteiger charge is -2.11. The molecule has 1 aromatic heterocycles. The highest BCUT2D eigenvalue weighted by molar-refractivity contribution is 5.11. The predicted molar refractivity (Wildman–Crippen MR) is 66.7 cm³/mol. The van der Waals surface area contributed by atoms with Crippen molar-refractivity contribution in [3.05, 3.63) is 23.8 Å². The van der Waals surface area contributed by atoms with Crippen LogP contribution < -0.4 is 5.32 Å². The summed E-state index contributed by atoms with van der Waals surface area (Å²) < 4.78 is 0. The number of nitrogens with one attached hydrogen (secondary N) is 1. The summed E-state index contributed by atoms with van der Waals surface area (Å²) in [6.07, 6.45) is 5.76. The minimum absolute atomic E-state index is 0.600. The minimum Gasteiger partial charge on any atom is -0.307 e. The SMILES string of the molecule is CN1CCC(c2ccnc(CNC3CC3)n2)C1. The van der Waals surface area contributed by atoms with E-state index in [1.54, 1.807) is 0 Å². The van der Waals surface area contributed by atoms with Gasteiger partial charge in [0, 0.05) is 30.4 Å². The summed E-state index contributed by atoms with van der Waals surface area (Å²) in [6, 6.07) is 2.80. The maximum atomic E-state index is 4.69. The Morgan fingerprint density at radius 1 is 1.41 bits per heavy atom. The lowest BCUT2D eigenvalue weighted by atomic mass is 10.1. The fourth-order valence-corrected chi connectivity index (χ4v) is 2.43. The molecule has 1 atom stereocenters. The van der Waals surface area contributed by atoms with Gasteiger partial charge < -0.3 is 10.2 Å². The molecule has 1 aliphatic heterocycles. The van der Waals surface area contributed by atoms with Crippen LogP contribution in [0.15, 0.2) is 12.3 Å². The highest BCUT2D eigenvalue weighted by Gasteiger charge is 2.23. The van der Waals surface area contributed by atoms with Gasteiger partial charge >= 0.3 is 0 Å². The van der Waals surface area contributed by atoms with Gasteiger partial charge in [-0.2, -0.15) is 0 Å². The van der Waals surface area contributed by atoms with E-state index in [1.807, 2.05) is 6.20 Å². The van der Waals surface area contributed by atoms with Crippen LogP contribution in [0.4, 0.5) is 0 Å². The molecular weight excluding hydrogens is 212 g/mol. The molecule has 0 spiro atoms. The standard InChI is InChI=1S/C13H20N4/c1-17-7-5-10(9-17)12-4-6-14-13(16-12)8-15-11-2-3-11/h4,6,10-11,15H,2-3,5,7-9H2,1H3. The van der Waals surface area contributed by atoms with Crippen LogP contribution >= 0.6 is 0 Å². The van der Waals surface area contributed by atoms with Crippen molar-refractivity contribution in [1.82, 2.24) is 20.2 Å². The van der Waals surface area contributed by atoms with Crippen molar-refractivity contribution < 1.29 is 0 Å². The molecular formula is C13H20N4. The topological polar surface area (TPSA) is 41.1 Å². The van der Waals surface area contributed by atoms with Gasteiger partial charge in [-0.05, 0) is 38.9 Å². The highest BCUT2D eigenvalue weighted by atomic mass is 15.1. The molecule has 0 aromatic carbocycles. The Bertz CT molecular complexity index is 389. The smallest absolute Gasteiger partial charge is 0.142 e. The first kappa shape index (κ1) is 11.1. The molecule has 2 fully saturated rings. The monoisotopic (exact) mass is 232 g/mol. The lowest BCUT2D eigenvalue weighted by Crippen LogP contribution is -2.18. The number of likely N-dealkylation sites (tertiary alicyclic amines) is 1. The Hall–Kier alpha value is -1.00. The Kier molecular flexibility index (Phi) is 3.07. The molecule has 0 radical (unpaired) electrons. The summed E-state index contributed by atoms with van der Waals surface area (Å²) in [5.74, 6) is 1.55. The normalized spacial score (nSPS) is 25.4. The fraction of sp³-hybridized carbons (Fsp3) is 0.692. The molecule has 1 aliphatic carbocycles. The third-order valence-corrected chi connectivity index (χ3v) is 3.66. The van der Waals surface area contributed by atoms with Crippen molar-refractivity contribution in [2.75, 3.05) is 20.1 Å². The molecule has 2 aliphatic rings. The number of hydrogen-bond donors (Lipinski definition) is 1. The zero-order chi connectivity index (χ0) is 11.7. The van der Waals surface area contributed by atoms with Crippen LogP contribution in [-0.4, -0.2) is 41.0 Å². The molecule has 0 bridgehead atoms. The van der Waals surface area contributed by atoms with E-state index < -0.39 is 0 Å². The van der Waals surface area contributed by atoms with Gasteiger partial charge in [-0.3, -0.25) is 0 Å². The zero-order valence-corrected chi connectivity index (χ0v) is 10.4. The van der Waals surface area contributed by atoms with Crippen molar-refractivity contribution in [3.63, 3.8) is 0 Å². The van der Waals surface area contributed by atoms with Crippen molar-refractivity contribution in [3.8, 4) is 0 Å². The Morgan fingerprint density at radius 3 is 3.00 bits per heavy atom. The van der Waals surface area contributed by atoms with Crippen LogP contribution in [-0.2, 0) is 6.54 Å². The van der Waals surface area contributed by atoms with Gasteiger partial charge in [0.2, 0.25) is 0 Å². The Balaban J connectivity index is 1.65. The third kappa shape index (κ3) is 2.82. The Labute approximate surface area is 102 Å². The first-order valence-electron chi connectivity index (χ1n) is 6.55. The second kappa shape index (κ2) is 4.70. The van der Waals surface area contributed by atoms with Gasteiger partial charge in [0.1, 0.15) is 5.82 Å². The molecule has 4 heteroatoms. The predicted octanol–water partition coefficient (Wildman–Crippen LogP) is 1.15. The average Bonchev–Trinajstić information content (AvgIpc) is 3.08. The van der Waals surface area contributed by atoms with Crippen LogP contribution in [0.5, 0.6) is 0 Å². The summed E-state index contributed by atoms with van der Waals surface area (Å²) in [5.41, 5.74) is 1.22. The van der Waals surface area contributed by atoms with Gasteiger partial charge in [0.25, 0.3) is 0 Å². The van der Waals surface area contributed by atoms with Crippen LogP contribution in [0.25, 0.3) is 0 Å². The fourth-order valence-electron chi connectivity index (χ4n) is 2.43. The summed E-state index contributed by atoms with van der Waals surface area (Å²) in [4.78, 5) is 11.4. The molecule has 3 rings (SSSR count). The second-order valence-electron chi connectivity index (χ2n) is 5.30. The molecule has 4 nitrogen and oxygen atoms in total. The van der Waals surface area contributed by atoms with E-state index in [-0.39, 0.29) is 0 Å². The van der Waals surface area contributed by atoms with Gasteiger partial charge in [0.15, 0.2) is 0 Å². The zero-order valence-electron chi connectivity index (χ0n) is 10.4. The van der Waals surface area contributed by atoms with E-state index >= 15 is 0 Å². The molecule has 1 aromatic rings. The number of hydrogen-bond acceptors (Lipinski definition) is 4. The van der Waals surface area contributed by atoms with Crippen molar-refractivity contribution in [2.24, 2.45) is 0 Å². The van der Waals surface area contributed by atoms with E-state index in [0.717, 1.165) is 25.0 Å². The first-order valence-corrected chi connectivity index (χ1v) is 6.55. The summed E-state index contributed by atoms with van der Waals surface area (Å²) >= 11 is 0. The molecule has 2 heterocycles. The third-order valence-electron chi connectivity index (χ3n) is 3.66. The van der Waals surface area contributed by atoms with E-state index in [0.29, 0.717) is 5.92 Å². The molecule has 1 saturated heterocycles. The molecule has 1 saturated carbocycles. The number of likely N-dealkylation sites (N-methyl/N-ethyl adjacent to an activating group) is 1. The van der Waals surface area contributed by atoms with E-state index in [1.165, 1.54) is 31.5 Å². The maximum Gasteiger partial charge on any atom is 0.142 e. The molecule has 92 valence electrons. The lowest BCUT2D eigenvalue weighted by molar-refractivity contribution is 0.410. The highest BCUT2D eigenvalue weighted by Crippen LogP contribution is 2.24. The average molecular weight is 232 g/mol. The molecule has 17 heavy (non-hydrogen) atoms. The van der Waals surface area contributed by atoms with Gasteiger partial charge in [-0.25, -0.2) is 9.97 Å². The van der Waals surface area contributed by atoms with Crippen LogP contribution in [0.2, 0.25) is 0 Å². The van der Waals surface area contributed by atoms with Crippen LogP contribution in [0.3, 0.4) is 0 Å². The summed E-state index contributed by atoms with van der Waals surface area (Å²) in [5, 5.41) is 3.46. The van der Waals surface area contributed by atoms with Gasteiger partial charge in [0.05, 0.1) is 6.54 Å². The Morgan fingerprint density at radius 2 is 2.29 bits per heavy atom. The summed E-state index contributed by atoms with van der Waals surface area (Å²) in [6.45, 7) is 3.14. The van der Waals surface area contributed by atoms with Gasteiger partial charge in [-0.1, -0.05) is 0 Å². The molecule has 1 N–H and O–H groups in total. The van der Waals surface area contributed by atoms with Crippen molar-refractivity contribution >= 4 is 0 Å². The second-order valence-corrected chi connectivity index (χ2v) is 5.30.